The highest BCUT2D eigenvalue weighted by atomic mass is 35.5. The Bertz CT molecular complexity index is 1420. The number of hydrogen-bond donors (Lipinski definition) is 3. The van der Waals surface area contributed by atoms with Gasteiger partial charge in [-0.3, -0.25) is 9.69 Å². The van der Waals surface area contributed by atoms with E-state index in [1.54, 1.807) is 12.1 Å². The maximum absolute atomic E-state index is 11.1. The fraction of sp³-hybridized carbons (Fsp3) is 0.391. The van der Waals surface area contributed by atoms with Crippen molar-refractivity contribution in [3.8, 4) is 12.1 Å². The number of carboxylic acid groups (broad SMARTS) is 1. The van der Waals surface area contributed by atoms with E-state index in [2.05, 4.69) is 42.7 Å². The molecule has 1 aliphatic carbocycles. The van der Waals surface area contributed by atoms with E-state index in [-0.39, 0.29) is 18.5 Å². The molecule has 3 N–H and O–H groups in total. The van der Waals surface area contributed by atoms with E-state index in [4.69, 9.17) is 16.7 Å². The van der Waals surface area contributed by atoms with Crippen LogP contribution < -0.4 is 15.5 Å². The van der Waals surface area contributed by atoms with Crippen LogP contribution in [-0.4, -0.2) is 73.8 Å². The lowest BCUT2D eigenvalue weighted by atomic mass is 10.1. The van der Waals surface area contributed by atoms with Crippen LogP contribution in [0.5, 0.6) is 0 Å². The average Bonchev–Trinajstić information content (AvgIpc) is 3.56. The fourth-order valence-corrected chi connectivity index (χ4v) is 4.60. The number of aromatic nitrogens is 4. The van der Waals surface area contributed by atoms with Crippen molar-refractivity contribution in [1.82, 2.24) is 24.5 Å². The Labute approximate surface area is 211 Å². The Morgan fingerprint density at radius 2 is 2.06 bits per heavy atom. The van der Waals surface area contributed by atoms with Gasteiger partial charge in [-0.05, 0) is 31.9 Å². The third-order valence-electron chi connectivity index (χ3n) is 6.21. The Hall–Kier alpha value is -4.13. The summed E-state index contributed by atoms with van der Waals surface area (Å²) in [4.78, 5) is 24.1. The molecule has 2 aromatic heterocycles. The van der Waals surface area contributed by atoms with Crippen LogP contribution in [0.15, 0.2) is 18.3 Å². The molecule has 0 bridgehead atoms. The van der Waals surface area contributed by atoms with Crippen molar-refractivity contribution >= 4 is 46.5 Å². The minimum absolute atomic E-state index is 0.0206. The Kier molecular flexibility index (Phi) is 6.22. The Balaban J connectivity index is 1.49. The first-order valence-corrected chi connectivity index (χ1v) is 11.9. The monoisotopic (exact) mass is 506 g/mol. The third-order valence-corrected chi connectivity index (χ3v) is 6.61. The lowest BCUT2D eigenvalue weighted by Gasteiger charge is -2.41. The molecule has 2 fully saturated rings. The maximum Gasteiger partial charge on any atom is 0.317 e. The normalized spacial score (nSPS) is 18.0. The number of rotatable bonds is 7. The van der Waals surface area contributed by atoms with Crippen LogP contribution in [0, 0.1) is 22.7 Å². The molecule has 0 unspecified atom stereocenters. The van der Waals surface area contributed by atoms with Gasteiger partial charge in [-0.25, -0.2) is 0 Å². The molecule has 0 radical (unpaired) electrons. The smallest absolute Gasteiger partial charge is 0.317 e. The van der Waals surface area contributed by atoms with Crippen molar-refractivity contribution in [3.05, 3.63) is 34.5 Å². The number of benzene rings is 1. The summed E-state index contributed by atoms with van der Waals surface area (Å²) in [6.45, 7) is 3.64. The molecule has 3 aromatic rings. The van der Waals surface area contributed by atoms with Gasteiger partial charge in [-0.2, -0.15) is 30.1 Å². The Morgan fingerprint density at radius 1 is 1.25 bits per heavy atom. The number of fused-ring (bicyclic) bond motifs is 1. The van der Waals surface area contributed by atoms with E-state index in [1.165, 1.54) is 10.7 Å². The maximum atomic E-state index is 11.1. The topological polar surface area (TPSA) is 158 Å². The molecule has 184 valence electrons. The molecule has 1 saturated carbocycles. The van der Waals surface area contributed by atoms with Crippen LogP contribution in [0.4, 0.5) is 23.3 Å². The molecule has 3 heterocycles. The molecule has 13 heteroatoms. The second-order valence-corrected chi connectivity index (χ2v) is 9.34. The predicted octanol–water partition coefficient (Wildman–Crippen LogP) is 2.43. The van der Waals surface area contributed by atoms with Gasteiger partial charge < -0.3 is 20.6 Å². The number of halogens is 1. The molecule has 12 nitrogen and oxygen atoms in total. The summed E-state index contributed by atoms with van der Waals surface area (Å²) in [6, 6.07) is 7.89. The van der Waals surface area contributed by atoms with E-state index < -0.39 is 5.97 Å². The predicted molar refractivity (Wildman–Crippen MR) is 132 cm³/mol. The number of aliphatic carboxylic acids is 1. The molecule has 0 amide bonds. The summed E-state index contributed by atoms with van der Waals surface area (Å²) in [5.41, 5.74) is 2.18. The summed E-state index contributed by atoms with van der Waals surface area (Å²) in [5.74, 6) is -0.190. The number of nitrogens with one attached hydrogen (secondary N) is 2. The average molecular weight is 507 g/mol. The van der Waals surface area contributed by atoms with Crippen molar-refractivity contribution in [1.29, 1.82) is 10.5 Å². The second-order valence-electron chi connectivity index (χ2n) is 8.96. The van der Waals surface area contributed by atoms with Crippen molar-refractivity contribution in [3.63, 3.8) is 0 Å². The molecule has 1 saturated heterocycles. The second kappa shape index (κ2) is 9.49. The van der Waals surface area contributed by atoms with Crippen LogP contribution >= 0.6 is 11.6 Å². The number of nitriles is 2. The SMILES string of the molecule is C[C@H]1CN(CC(=O)O)CCN1c1cc(C#N)cc(Nc2nc(NC3CC3)n3ncc(C#N)c3n2)c1Cl. The summed E-state index contributed by atoms with van der Waals surface area (Å²) in [5, 5.41) is 39.3. The van der Waals surface area contributed by atoms with Crippen LogP contribution in [0.2, 0.25) is 5.02 Å². The van der Waals surface area contributed by atoms with E-state index in [1.807, 2.05) is 11.8 Å². The number of carboxylic acids is 1. The molecular weight excluding hydrogens is 484 g/mol. The van der Waals surface area contributed by atoms with Crippen molar-refractivity contribution in [2.75, 3.05) is 41.7 Å². The first kappa shape index (κ1) is 23.6. The number of nitrogens with zero attached hydrogens (tertiary/aromatic N) is 8. The molecule has 5 rings (SSSR count). The van der Waals surface area contributed by atoms with Crippen molar-refractivity contribution in [2.45, 2.75) is 31.8 Å². The number of anilines is 4. The minimum Gasteiger partial charge on any atom is -0.480 e. The van der Waals surface area contributed by atoms with Crippen molar-refractivity contribution in [2.24, 2.45) is 0 Å². The van der Waals surface area contributed by atoms with Gasteiger partial charge in [0.05, 0.1) is 40.8 Å². The first-order valence-electron chi connectivity index (χ1n) is 11.5. The molecule has 1 aromatic carbocycles. The zero-order chi connectivity index (χ0) is 25.4. The Morgan fingerprint density at radius 3 is 2.72 bits per heavy atom. The largest absolute Gasteiger partial charge is 0.480 e. The molecule has 1 aliphatic heterocycles. The van der Waals surface area contributed by atoms with Crippen molar-refractivity contribution < 1.29 is 9.90 Å². The summed E-state index contributed by atoms with van der Waals surface area (Å²) < 4.78 is 1.50. The minimum atomic E-state index is -0.864. The molecule has 36 heavy (non-hydrogen) atoms. The van der Waals surface area contributed by atoms with E-state index in [0.29, 0.717) is 64.8 Å². The number of carbonyl (C=O) groups is 1. The highest BCUT2D eigenvalue weighted by Crippen LogP contribution is 2.37. The highest BCUT2D eigenvalue weighted by Gasteiger charge is 2.28. The standard InChI is InChI=1S/C23H23ClN10O2/c1-13-11-32(12-19(35)36)4-5-33(13)18-7-14(8-25)6-17(20(18)24)29-22-30-21-15(9-26)10-27-34(21)23(31-22)28-16-2-3-16/h6-7,10,13,16H,2-5,11-12H2,1H3,(H,35,36)(H2,28,29,30,31)/t13-/m0/s1. The van der Waals surface area contributed by atoms with Gasteiger partial charge >= 0.3 is 5.97 Å². The van der Waals surface area contributed by atoms with Gasteiger partial charge in [0.15, 0.2) is 5.65 Å². The van der Waals surface area contributed by atoms with Gasteiger partial charge in [0, 0.05) is 31.7 Å². The molecule has 2 aliphatic rings. The molecular formula is C23H23ClN10O2. The highest BCUT2D eigenvalue weighted by molar-refractivity contribution is 6.36. The zero-order valence-electron chi connectivity index (χ0n) is 19.4. The first-order chi connectivity index (χ1) is 17.4. The molecule has 0 spiro atoms. The quantitative estimate of drug-likeness (QED) is 0.432. The number of hydrogen-bond acceptors (Lipinski definition) is 10. The van der Waals surface area contributed by atoms with Gasteiger partial charge in [0.1, 0.15) is 11.6 Å². The third kappa shape index (κ3) is 4.69. The number of piperazine rings is 1. The van der Waals surface area contributed by atoms with Crippen LogP contribution in [0.25, 0.3) is 5.65 Å². The van der Waals surface area contributed by atoms with Gasteiger partial charge in [-0.15, -0.1) is 0 Å². The lowest BCUT2D eigenvalue weighted by Crippen LogP contribution is -2.53. The van der Waals surface area contributed by atoms with E-state index >= 15 is 0 Å². The summed E-state index contributed by atoms with van der Waals surface area (Å²) in [7, 11) is 0. The fourth-order valence-electron chi connectivity index (χ4n) is 4.34. The lowest BCUT2D eigenvalue weighted by molar-refractivity contribution is -0.138. The summed E-state index contributed by atoms with van der Waals surface area (Å²) in [6.07, 6.45) is 3.49. The summed E-state index contributed by atoms with van der Waals surface area (Å²) >= 11 is 6.83. The van der Waals surface area contributed by atoms with E-state index in [0.717, 1.165) is 12.8 Å². The van der Waals surface area contributed by atoms with Crippen LogP contribution in [0.3, 0.4) is 0 Å². The van der Waals surface area contributed by atoms with Crippen LogP contribution in [-0.2, 0) is 4.79 Å². The van der Waals surface area contributed by atoms with E-state index in [9.17, 15) is 15.3 Å². The zero-order valence-corrected chi connectivity index (χ0v) is 20.2. The van der Waals surface area contributed by atoms with Gasteiger partial charge in [-0.1, -0.05) is 11.6 Å². The molecule has 1 atom stereocenters. The van der Waals surface area contributed by atoms with Gasteiger partial charge in [0.2, 0.25) is 11.9 Å². The van der Waals surface area contributed by atoms with Crippen LogP contribution in [0.1, 0.15) is 30.9 Å². The van der Waals surface area contributed by atoms with Gasteiger partial charge in [0.25, 0.3) is 0 Å².